The zero-order valence-corrected chi connectivity index (χ0v) is 33.7. The summed E-state index contributed by atoms with van der Waals surface area (Å²) in [5, 5.41) is 5.34. The molecule has 0 radical (unpaired) electrons. The van der Waals surface area contributed by atoms with E-state index >= 15 is 0 Å². The number of hydrogen-bond acceptors (Lipinski definition) is 10. The molecule has 0 spiro atoms. The first-order valence-electron chi connectivity index (χ1n) is 19.9. The molecule has 308 valence electrons. The Morgan fingerprint density at radius 3 is 2.05 bits per heavy atom. The van der Waals surface area contributed by atoms with Gasteiger partial charge in [0, 0.05) is 56.8 Å². The van der Waals surface area contributed by atoms with E-state index < -0.39 is 30.4 Å². The third-order valence-corrected chi connectivity index (χ3v) is 11.4. The van der Waals surface area contributed by atoms with Crippen LogP contribution in [0.5, 0.6) is 0 Å². The van der Waals surface area contributed by atoms with Crippen molar-refractivity contribution in [1.29, 1.82) is 0 Å². The first kappa shape index (κ1) is 40.8. The van der Waals surface area contributed by atoms with E-state index in [0.29, 0.717) is 31.0 Å². The fourth-order valence-electron chi connectivity index (χ4n) is 8.10. The van der Waals surface area contributed by atoms with Gasteiger partial charge in [-0.1, -0.05) is 54.6 Å². The topological polar surface area (TPSA) is 180 Å². The third kappa shape index (κ3) is 9.20. The average Bonchev–Trinajstić information content (AvgIpc) is 4.12. The number of likely N-dealkylation sites (tertiary alicyclic amines) is 2. The van der Waals surface area contributed by atoms with Gasteiger partial charge in [-0.15, -0.1) is 0 Å². The van der Waals surface area contributed by atoms with Crippen molar-refractivity contribution >= 4 is 35.3 Å². The molecule has 3 N–H and O–H groups in total. The van der Waals surface area contributed by atoms with Crippen LogP contribution >= 0.6 is 0 Å². The van der Waals surface area contributed by atoms with Gasteiger partial charge in [-0.3, -0.25) is 19.6 Å². The van der Waals surface area contributed by atoms with Crippen molar-refractivity contribution in [3.8, 4) is 22.4 Å². The Balaban J connectivity index is 0.972. The van der Waals surface area contributed by atoms with Crippen LogP contribution in [0.15, 0.2) is 90.3 Å². The molecule has 3 aliphatic heterocycles. The summed E-state index contributed by atoms with van der Waals surface area (Å²) in [5.41, 5.74) is 7.69. The summed E-state index contributed by atoms with van der Waals surface area (Å²) < 4.78 is 15.0. The summed E-state index contributed by atoms with van der Waals surface area (Å²) in [6, 6.07) is 20.0. The number of methoxy groups -OCH3 is 3. The molecule has 2 fully saturated rings. The minimum atomic E-state index is -0.873. The maximum Gasteiger partial charge on any atom is 0.407 e. The molecule has 0 aliphatic carbocycles. The van der Waals surface area contributed by atoms with E-state index in [9.17, 15) is 19.2 Å². The number of carbonyl (C=O) groups excluding carboxylic acids is 4. The number of rotatable bonds is 13. The molecule has 5 heterocycles. The Labute approximate surface area is 343 Å². The summed E-state index contributed by atoms with van der Waals surface area (Å²) in [5.74, 6) is 0.275. The molecule has 0 saturated carbocycles. The number of benzene rings is 2. The van der Waals surface area contributed by atoms with Crippen molar-refractivity contribution < 1.29 is 33.4 Å². The van der Waals surface area contributed by atoms with Gasteiger partial charge >= 0.3 is 12.2 Å². The number of carbonyl (C=O) groups is 4. The standard InChI is InChI=1S/C44H50N8O7/c1-27(57-2)39(50-44(56)59-4)42(54)51-21-7-10-37(51)34-23-32(25-46-34)30-14-12-28(13-15-30)29-16-18-31(19-17-29)36-26-47-40(48-36)38-11-8-22-52(38)41(53)35(49-43(55)58-3)24-33-9-5-6-20-45-33/h5-6,9,12-20,25-27,35,37-39H,7-8,10-11,21-24H2,1-4H3,(H,47,48)(H,49,55)(H,50,56)/t27-,35+,37+,38+,39+/m1/s1. The van der Waals surface area contributed by atoms with E-state index in [1.54, 1.807) is 35.2 Å². The van der Waals surface area contributed by atoms with Crippen molar-refractivity contribution in [2.45, 2.75) is 75.7 Å². The summed E-state index contributed by atoms with van der Waals surface area (Å²) >= 11 is 0. The highest BCUT2D eigenvalue weighted by atomic mass is 16.5. The van der Waals surface area contributed by atoms with Crippen molar-refractivity contribution in [2.24, 2.45) is 4.99 Å². The van der Waals surface area contributed by atoms with Crippen molar-refractivity contribution in [3.05, 3.63) is 102 Å². The predicted molar refractivity (Wildman–Crippen MR) is 221 cm³/mol. The quantitative estimate of drug-likeness (QED) is 0.153. The number of hydrogen-bond donors (Lipinski definition) is 3. The number of aliphatic imine (C=N–C) groups is 1. The van der Waals surface area contributed by atoms with Crippen LogP contribution in [0.4, 0.5) is 9.59 Å². The largest absolute Gasteiger partial charge is 0.453 e. The van der Waals surface area contributed by atoms with Crippen LogP contribution < -0.4 is 10.6 Å². The van der Waals surface area contributed by atoms with Gasteiger partial charge in [0.25, 0.3) is 0 Å². The predicted octanol–water partition coefficient (Wildman–Crippen LogP) is 5.71. The van der Waals surface area contributed by atoms with Gasteiger partial charge in [-0.05, 0) is 72.6 Å². The molecule has 2 aromatic heterocycles. The van der Waals surface area contributed by atoms with E-state index in [4.69, 9.17) is 24.2 Å². The second-order valence-electron chi connectivity index (χ2n) is 14.9. The number of H-pyrrole nitrogens is 1. The lowest BCUT2D eigenvalue weighted by atomic mass is 9.96. The van der Waals surface area contributed by atoms with Crippen molar-refractivity contribution in [3.63, 3.8) is 0 Å². The molecule has 5 atom stereocenters. The molecule has 3 aliphatic rings. The Morgan fingerprint density at radius 1 is 0.780 bits per heavy atom. The number of allylic oxidation sites excluding steroid dienone is 1. The van der Waals surface area contributed by atoms with E-state index in [1.165, 1.54) is 21.3 Å². The normalized spacial score (nSPS) is 19.1. The summed E-state index contributed by atoms with van der Waals surface area (Å²) in [6.07, 6.45) is 7.53. The first-order valence-corrected chi connectivity index (χ1v) is 19.9. The lowest BCUT2D eigenvalue weighted by molar-refractivity contribution is -0.136. The van der Waals surface area contributed by atoms with Crippen LogP contribution in [0.1, 0.15) is 62.2 Å². The number of nitrogens with zero attached hydrogens (tertiary/aromatic N) is 5. The Hall–Kier alpha value is -6.35. The lowest BCUT2D eigenvalue weighted by Crippen LogP contribution is -2.56. The molecule has 15 heteroatoms. The lowest BCUT2D eigenvalue weighted by Gasteiger charge is -2.31. The van der Waals surface area contributed by atoms with Gasteiger partial charge in [-0.2, -0.15) is 0 Å². The zero-order valence-electron chi connectivity index (χ0n) is 33.7. The van der Waals surface area contributed by atoms with Crippen LogP contribution in [0.3, 0.4) is 0 Å². The van der Waals surface area contributed by atoms with Crippen LogP contribution in [0.25, 0.3) is 28.0 Å². The fraction of sp³-hybridized carbons (Fsp3) is 0.386. The van der Waals surface area contributed by atoms with Gasteiger partial charge in [0.05, 0.1) is 44.3 Å². The minimum Gasteiger partial charge on any atom is -0.453 e. The minimum absolute atomic E-state index is 0.157. The number of alkyl carbamates (subject to hydrolysis) is 2. The van der Waals surface area contributed by atoms with E-state index in [0.717, 1.165) is 64.9 Å². The first-order chi connectivity index (χ1) is 28.7. The monoisotopic (exact) mass is 802 g/mol. The summed E-state index contributed by atoms with van der Waals surface area (Å²) in [6.45, 7) is 2.87. The zero-order chi connectivity index (χ0) is 41.5. The summed E-state index contributed by atoms with van der Waals surface area (Å²) in [4.78, 5) is 72.6. The Kier molecular flexibility index (Phi) is 12.8. The fourth-order valence-corrected chi connectivity index (χ4v) is 8.10. The SMILES string of the molecule is COC(=O)N[C@@H](Cc1ccccn1)C(=O)N1CCC[C@H]1c1ncc(-c2ccc(-c3ccc(C4=CN=C([C@@H]5CCCN5C(=O)[C@@H](NC(=O)OC)[C@@H](C)OC)C4)cc3)cc2)[nH]1. The molecule has 4 aromatic rings. The molecule has 2 saturated heterocycles. The maximum absolute atomic E-state index is 13.9. The van der Waals surface area contributed by atoms with Crippen LogP contribution in [0.2, 0.25) is 0 Å². The number of pyridine rings is 1. The van der Waals surface area contributed by atoms with Crippen LogP contribution in [0, 0.1) is 0 Å². The van der Waals surface area contributed by atoms with E-state index in [-0.39, 0.29) is 30.3 Å². The molecule has 2 aromatic carbocycles. The number of amides is 4. The van der Waals surface area contributed by atoms with Crippen molar-refractivity contribution in [2.75, 3.05) is 34.4 Å². The highest BCUT2D eigenvalue weighted by Crippen LogP contribution is 2.34. The van der Waals surface area contributed by atoms with Crippen molar-refractivity contribution in [1.82, 2.24) is 35.4 Å². The number of aromatic nitrogens is 3. The number of aromatic amines is 1. The molecule has 15 nitrogen and oxygen atoms in total. The van der Waals surface area contributed by atoms with Crippen LogP contribution in [-0.4, -0.2) is 113 Å². The van der Waals surface area contributed by atoms with Crippen LogP contribution in [-0.2, 0) is 30.2 Å². The Morgan fingerprint density at radius 2 is 1.41 bits per heavy atom. The molecular weight excluding hydrogens is 753 g/mol. The molecule has 0 unspecified atom stereocenters. The number of nitrogens with one attached hydrogen (secondary N) is 3. The third-order valence-electron chi connectivity index (χ3n) is 11.4. The average molecular weight is 803 g/mol. The van der Waals surface area contributed by atoms with Gasteiger partial charge in [0.2, 0.25) is 11.8 Å². The highest BCUT2D eigenvalue weighted by molar-refractivity contribution is 6.04. The van der Waals surface area contributed by atoms with Gasteiger partial charge < -0.3 is 39.6 Å². The molecular formula is C44H50N8O7. The molecule has 4 amide bonds. The number of imidazole rings is 1. The second kappa shape index (κ2) is 18.5. The smallest absolute Gasteiger partial charge is 0.407 e. The number of ether oxygens (including phenoxy) is 3. The molecule has 7 rings (SSSR count). The highest BCUT2D eigenvalue weighted by Gasteiger charge is 2.40. The van der Waals surface area contributed by atoms with Gasteiger partial charge in [-0.25, -0.2) is 14.6 Å². The van der Waals surface area contributed by atoms with E-state index in [1.807, 2.05) is 30.5 Å². The van der Waals surface area contributed by atoms with E-state index in [2.05, 4.69) is 57.0 Å². The maximum atomic E-state index is 13.9. The summed E-state index contributed by atoms with van der Waals surface area (Å²) in [7, 11) is 4.05. The van der Waals surface area contributed by atoms with Gasteiger partial charge in [0.15, 0.2) is 0 Å². The Bertz CT molecular complexity index is 2190. The molecule has 0 bridgehead atoms. The molecule has 59 heavy (non-hydrogen) atoms. The second-order valence-corrected chi connectivity index (χ2v) is 14.9. The van der Waals surface area contributed by atoms with Gasteiger partial charge in [0.1, 0.15) is 17.9 Å².